The standard InChI is InChI=1S/C26H26N6O3/c1-30(19-9-11-22-23(12-19)35-15-34-22)17-5-7-18(8-6-17)31(2)25-20(14-28)26(33)32(3)21-10-4-16(13-27)29-24(21)25/h4,9-12,17-18H,5-8,15H2,1-3H3. The van der Waals surface area contributed by atoms with E-state index in [9.17, 15) is 15.3 Å². The topological polar surface area (TPSA) is 107 Å². The Morgan fingerprint density at radius 3 is 2.34 bits per heavy atom. The van der Waals surface area contributed by atoms with Crippen molar-refractivity contribution in [3.63, 3.8) is 0 Å². The third-order valence-corrected chi connectivity index (χ3v) is 7.32. The first-order chi connectivity index (χ1) is 16.9. The summed E-state index contributed by atoms with van der Waals surface area (Å²) in [6.07, 6.45) is 3.72. The molecule has 3 aromatic rings. The van der Waals surface area contributed by atoms with Crippen molar-refractivity contribution in [3.05, 3.63) is 51.9 Å². The summed E-state index contributed by atoms with van der Waals surface area (Å²) in [6, 6.07) is 14.0. The Kier molecular flexibility index (Phi) is 5.70. The molecule has 0 atom stereocenters. The second kappa shape index (κ2) is 8.84. The van der Waals surface area contributed by atoms with Gasteiger partial charge in [-0.25, -0.2) is 4.98 Å². The van der Waals surface area contributed by atoms with Crippen LogP contribution in [-0.2, 0) is 7.05 Å². The van der Waals surface area contributed by atoms with E-state index >= 15 is 0 Å². The minimum absolute atomic E-state index is 0.0599. The summed E-state index contributed by atoms with van der Waals surface area (Å²) in [7, 11) is 5.64. The first kappa shape index (κ1) is 22.5. The molecule has 0 unspecified atom stereocenters. The van der Waals surface area contributed by atoms with Gasteiger partial charge in [0.05, 0.1) is 11.2 Å². The number of pyridine rings is 2. The average Bonchev–Trinajstić information content (AvgIpc) is 3.37. The van der Waals surface area contributed by atoms with Crippen LogP contribution in [0.1, 0.15) is 36.9 Å². The normalized spacial score (nSPS) is 18.7. The Hall–Kier alpha value is -4.24. The summed E-state index contributed by atoms with van der Waals surface area (Å²) in [5.41, 5.74) is 2.66. The highest BCUT2D eigenvalue weighted by Gasteiger charge is 2.30. The molecule has 5 rings (SSSR count). The van der Waals surface area contributed by atoms with E-state index in [1.165, 1.54) is 4.57 Å². The first-order valence-corrected chi connectivity index (χ1v) is 11.6. The maximum atomic E-state index is 13.0. The van der Waals surface area contributed by atoms with Crippen molar-refractivity contribution in [1.82, 2.24) is 9.55 Å². The number of ether oxygens (including phenoxy) is 2. The molecule has 0 bridgehead atoms. The highest BCUT2D eigenvalue weighted by atomic mass is 16.7. The van der Waals surface area contributed by atoms with Crippen molar-refractivity contribution in [2.24, 2.45) is 7.05 Å². The molecule has 9 nitrogen and oxygen atoms in total. The zero-order valence-corrected chi connectivity index (χ0v) is 20.0. The summed E-state index contributed by atoms with van der Waals surface area (Å²) >= 11 is 0. The summed E-state index contributed by atoms with van der Waals surface area (Å²) in [6.45, 7) is 0.257. The van der Waals surface area contributed by atoms with Crippen molar-refractivity contribution in [3.8, 4) is 23.6 Å². The first-order valence-electron chi connectivity index (χ1n) is 11.6. The van der Waals surface area contributed by atoms with Gasteiger partial charge in [0.15, 0.2) is 11.5 Å². The highest BCUT2D eigenvalue weighted by molar-refractivity contribution is 5.92. The fourth-order valence-electron chi connectivity index (χ4n) is 5.23. The van der Waals surface area contributed by atoms with Crippen LogP contribution >= 0.6 is 0 Å². The number of nitriles is 2. The maximum Gasteiger partial charge on any atom is 0.270 e. The molecular weight excluding hydrogens is 444 g/mol. The second-order valence-electron chi connectivity index (χ2n) is 9.10. The molecule has 3 heterocycles. The number of nitrogens with zero attached hydrogens (tertiary/aromatic N) is 6. The van der Waals surface area contributed by atoms with Crippen molar-refractivity contribution in [1.29, 1.82) is 10.5 Å². The molecule has 1 aliphatic heterocycles. The van der Waals surface area contributed by atoms with Gasteiger partial charge >= 0.3 is 0 Å². The van der Waals surface area contributed by atoms with Gasteiger partial charge in [-0.05, 0) is 49.9 Å². The predicted octanol–water partition coefficient (Wildman–Crippen LogP) is 3.29. The smallest absolute Gasteiger partial charge is 0.270 e. The molecule has 0 radical (unpaired) electrons. The van der Waals surface area contributed by atoms with E-state index in [-0.39, 0.29) is 29.7 Å². The molecule has 1 fully saturated rings. The summed E-state index contributed by atoms with van der Waals surface area (Å²) < 4.78 is 12.4. The fraction of sp³-hybridized carbons (Fsp3) is 0.385. The van der Waals surface area contributed by atoms with Crippen molar-refractivity contribution in [2.75, 3.05) is 30.7 Å². The SMILES string of the molecule is CN(c1ccc2c(c1)OCO2)C1CCC(N(C)c2c(C#N)c(=O)n(C)c3ccc(C#N)nc23)CC1. The number of rotatable bonds is 4. The van der Waals surface area contributed by atoms with Gasteiger partial charge in [-0.1, -0.05) is 0 Å². The van der Waals surface area contributed by atoms with E-state index in [2.05, 4.69) is 35.1 Å². The zero-order valence-electron chi connectivity index (χ0n) is 20.0. The van der Waals surface area contributed by atoms with Crippen molar-refractivity contribution >= 4 is 22.4 Å². The van der Waals surface area contributed by atoms with E-state index in [0.717, 1.165) is 42.9 Å². The van der Waals surface area contributed by atoms with Gasteiger partial charge in [-0.2, -0.15) is 10.5 Å². The molecule has 0 N–H and O–H groups in total. The van der Waals surface area contributed by atoms with Crippen LogP contribution in [0.15, 0.2) is 35.1 Å². The number of hydrogen-bond donors (Lipinski definition) is 0. The Bertz CT molecular complexity index is 1440. The lowest BCUT2D eigenvalue weighted by molar-refractivity contribution is 0.174. The molecule has 0 saturated heterocycles. The highest BCUT2D eigenvalue weighted by Crippen LogP contribution is 2.38. The third kappa shape index (κ3) is 3.79. The second-order valence-corrected chi connectivity index (χ2v) is 9.10. The molecule has 178 valence electrons. The van der Waals surface area contributed by atoms with Crippen molar-refractivity contribution in [2.45, 2.75) is 37.8 Å². The van der Waals surface area contributed by atoms with E-state index < -0.39 is 0 Å². The van der Waals surface area contributed by atoms with Gasteiger partial charge in [0.2, 0.25) is 6.79 Å². The Morgan fingerprint density at radius 2 is 1.66 bits per heavy atom. The molecule has 0 spiro atoms. The summed E-state index contributed by atoms with van der Waals surface area (Å²) in [5.74, 6) is 1.55. The Morgan fingerprint density at radius 1 is 0.971 bits per heavy atom. The lowest BCUT2D eigenvalue weighted by atomic mass is 9.88. The van der Waals surface area contributed by atoms with Crippen LogP contribution in [0.5, 0.6) is 11.5 Å². The lowest BCUT2D eigenvalue weighted by Crippen LogP contribution is -2.42. The number of benzene rings is 1. The number of aryl methyl sites for hydroxylation is 1. The van der Waals surface area contributed by atoms with E-state index in [0.29, 0.717) is 22.8 Å². The lowest BCUT2D eigenvalue weighted by Gasteiger charge is -2.40. The van der Waals surface area contributed by atoms with Crippen LogP contribution in [0.25, 0.3) is 11.0 Å². The number of anilines is 2. The van der Waals surface area contributed by atoms with Crippen LogP contribution in [0, 0.1) is 22.7 Å². The largest absolute Gasteiger partial charge is 0.454 e. The molecule has 9 heteroatoms. The van der Waals surface area contributed by atoms with Crippen LogP contribution in [0.2, 0.25) is 0 Å². The van der Waals surface area contributed by atoms with Gasteiger partial charge in [0, 0.05) is 45.0 Å². The average molecular weight is 471 g/mol. The van der Waals surface area contributed by atoms with Gasteiger partial charge in [-0.15, -0.1) is 0 Å². The van der Waals surface area contributed by atoms with Crippen LogP contribution in [-0.4, -0.2) is 42.5 Å². The summed E-state index contributed by atoms with van der Waals surface area (Å²) in [5, 5.41) is 19.2. The molecule has 1 aromatic carbocycles. The number of hydrogen-bond acceptors (Lipinski definition) is 8. The molecule has 1 saturated carbocycles. The minimum Gasteiger partial charge on any atom is -0.454 e. The van der Waals surface area contributed by atoms with Gasteiger partial charge in [0.25, 0.3) is 5.56 Å². The monoisotopic (exact) mass is 470 g/mol. The van der Waals surface area contributed by atoms with E-state index in [1.807, 2.05) is 24.1 Å². The van der Waals surface area contributed by atoms with E-state index in [1.54, 1.807) is 19.2 Å². The van der Waals surface area contributed by atoms with Gasteiger partial charge < -0.3 is 23.8 Å². The van der Waals surface area contributed by atoms with Crippen molar-refractivity contribution < 1.29 is 9.47 Å². The molecule has 0 amide bonds. The predicted molar refractivity (Wildman–Crippen MR) is 132 cm³/mol. The molecule has 35 heavy (non-hydrogen) atoms. The Labute approximate surface area is 203 Å². The Balaban J connectivity index is 1.40. The zero-order chi connectivity index (χ0) is 24.7. The third-order valence-electron chi connectivity index (χ3n) is 7.32. The quantitative estimate of drug-likeness (QED) is 0.572. The maximum absolute atomic E-state index is 13.0. The number of aromatic nitrogens is 2. The molecular formula is C26H26N6O3. The van der Waals surface area contributed by atoms with Crippen LogP contribution < -0.4 is 24.8 Å². The summed E-state index contributed by atoms with van der Waals surface area (Å²) in [4.78, 5) is 21.7. The molecule has 1 aliphatic carbocycles. The van der Waals surface area contributed by atoms with Crippen LogP contribution in [0.4, 0.5) is 11.4 Å². The van der Waals surface area contributed by atoms with Gasteiger partial charge in [-0.3, -0.25) is 4.79 Å². The fourth-order valence-corrected chi connectivity index (χ4v) is 5.23. The van der Waals surface area contributed by atoms with Gasteiger partial charge in [0.1, 0.15) is 28.9 Å². The van der Waals surface area contributed by atoms with Crippen LogP contribution in [0.3, 0.4) is 0 Å². The minimum atomic E-state index is -0.357. The van der Waals surface area contributed by atoms with E-state index in [4.69, 9.17) is 9.47 Å². The number of fused-ring (bicyclic) bond motifs is 2. The molecule has 2 aliphatic rings. The molecule has 2 aromatic heterocycles.